The normalized spacial score (nSPS) is 14.0. The molecule has 2 unspecified atom stereocenters. The molecule has 0 bridgehead atoms. The summed E-state index contributed by atoms with van der Waals surface area (Å²) in [7, 11) is -9.91. The van der Waals surface area contributed by atoms with Gasteiger partial charge >= 0.3 is 39.5 Å². The first kappa shape index (κ1) is 97.1. The highest BCUT2D eigenvalue weighted by Gasteiger charge is 2.30. The molecule has 0 rings (SSSR count). The van der Waals surface area contributed by atoms with Gasteiger partial charge in [-0.3, -0.25) is 37.3 Å². The molecule has 0 aromatic heterocycles. The molecular formula is C80H156O17P2. The molecule has 0 aromatic rings. The smallest absolute Gasteiger partial charge is 0.462 e. The first-order valence-electron chi connectivity index (χ1n) is 41.3. The second kappa shape index (κ2) is 70.4. The van der Waals surface area contributed by atoms with Crippen molar-refractivity contribution in [1.29, 1.82) is 0 Å². The van der Waals surface area contributed by atoms with Crippen LogP contribution in [0, 0.1) is 17.8 Å². The molecule has 3 N–H and O–H groups in total. The minimum atomic E-state index is -4.96. The highest BCUT2D eigenvalue weighted by molar-refractivity contribution is 7.47. The van der Waals surface area contributed by atoms with Crippen molar-refractivity contribution in [2.24, 2.45) is 17.8 Å². The monoisotopic (exact) mass is 1450 g/mol. The number of unbranched alkanes of at least 4 members (excludes halogenated alkanes) is 46. The SMILES string of the molecule is CCCCCCCCCCC(=O)OC[C@H](COP(=O)(O)OC[C@H](O)COP(=O)(O)OC[C@@H](COC(=O)CCCCCCCCCCCCCCC(C)C)OC(=O)CCCCCCCCCCCCCCCCCCCCC(C)C)OC(=O)CCCCCCCCCCCCCCC(C)C. The number of phosphoric acid groups is 2. The minimum absolute atomic E-state index is 0.107. The van der Waals surface area contributed by atoms with Gasteiger partial charge in [-0.25, -0.2) is 9.13 Å². The van der Waals surface area contributed by atoms with E-state index >= 15 is 0 Å². The number of aliphatic hydroxyl groups is 1. The topological polar surface area (TPSA) is 237 Å². The Balaban J connectivity index is 5.19. The van der Waals surface area contributed by atoms with Crippen molar-refractivity contribution in [2.75, 3.05) is 39.6 Å². The Morgan fingerprint density at radius 2 is 0.465 bits per heavy atom. The molecule has 0 fully saturated rings. The summed E-state index contributed by atoms with van der Waals surface area (Å²) in [4.78, 5) is 72.9. The molecular weight excluding hydrogens is 1290 g/mol. The minimum Gasteiger partial charge on any atom is -0.462 e. The lowest BCUT2D eigenvalue weighted by Crippen LogP contribution is -2.30. The van der Waals surface area contributed by atoms with E-state index in [1.807, 2.05) is 0 Å². The molecule has 0 aliphatic heterocycles. The van der Waals surface area contributed by atoms with Crippen LogP contribution in [-0.2, 0) is 65.4 Å². The molecule has 17 nitrogen and oxygen atoms in total. The summed E-state index contributed by atoms with van der Waals surface area (Å²) in [6.07, 6.45) is 58.3. The van der Waals surface area contributed by atoms with Gasteiger partial charge in [0.2, 0.25) is 0 Å². The van der Waals surface area contributed by atoms with E-state index in [-0.39, 0.29) is 25.7 Å². The molecule has 99 heavy (non-hydrogen) atoms. The van der Waals surface area contributed by atoms with Gasteiger partial charge in [0.25, 0.3) is 0 Å². The van der Waals surface area contributed by atoms with Crippen LogP contribution in [0.2, 0.25) is 0 Å². The van der Waals surface area contributed by atoms with E-state index in [0.29, 0.717) is 25.7 Å². The fourth-order valence-electron chi connectivity index (χ4n) is 12.3. The lowest BCUT2D eigenvalue weighted by molar-refractivity contribution is -0.161. The van der Waals surface area contributed by atoms with E-state index in [9.17, 15) is 43.2 Å². The molecule has 0 saturated carbocycles. The Labute approximate surface area is 607 Å². The lowest BCUT2D eigenvalue weighted by atomic mass is 10.0. The highest BCUT2D eigenvalue weighted by atomic mass is 31.2. The van der Waals surface area contributed by atoms with Crippen molar-refractivity contribution in [1.82, 2.24) is 0 Å². The number of ether oxygens (including phenoxy) is 4. The second-order valence-electron chi connectivity index (χ2n) is 30.2. The van der Waals surface area contributed by atoms with Crippen molar-refractivity contribution in [2.45, 2.75) is 433 Å². The van der Waals surface area contributed by atoms with Crippen molar-refractivity contribution in [3.63, 3.8) is 0 Å². The number of hydrogen-bond acceptors (Lipinski definition) is 15. The van der Waals surface area contributed by atoms with Crippen LogP contribution in [0.5, 0.6) is 0 Å². The maximum absolute atomic E-state index is 13.1. The van der Waals surface area contributed by atoms with E-state index in [1.54, 1.807) is 0 Å². The third-order valence-corrected chi connectivity index (χ3v) is 20.5. The first-order valence-corrected chi connectivity index (χ1v) is 44.3. The molecule has 0 spiro atoms. The Morgan fingerprint density at radius 3 is 0.687 bits per heavy atom. The molecule has 0 saturated heterocycles. The van der Waals surface area contributed by atoms with E-state index in [2.05, 4.69) is 48.5 Å². The van der Waals surface area contributed by atoms with E-state index in [1.165, 1.54) is 218 Å². The van der Waals surface area contributed by atoms with Crippen LogP contribution in [-0.4, -0.2) is 96.7 Å². The summed E-state index contributed by atoms with van der Waals surface area (Å²) < 4.78 is 68.6. The Kier molecular flexibility index (Phi) is 69.0. The number of phosphoric ester groups is 2. The number of carbonyl (C=O) groups is 4. The first-order chi connectivity index (χ1) is 47.7. The predicted octanol–water partition coefficient (Wildman–Crippen LogP) is 23.7. The van der Waals surface area contributed by atoms with Crippen LogP contribution in [0.25, 0.3) is 0 Å². The van der Waals surface area contributed by atoms with Gasteiger partial charge in [0, 0.05) is 25.7 Å². The molecule has 0 amide bonds. The quantitative estimate of drug-likeness (QED) is 0.0222. The third kappa shape index (κ3) is 74.1. The number of rotatable bonds is 78. The van der Waals surface area contributed by atoms with Gasteiger partial charge in [-0.2, -0.15) is 0 Å². The van der Waals surface area contributed by atoms with Crippen LogP contribution in [0.4, 0.5) is 0 Å². The standard InChI is InChI=1S/C80H156O17P2/c1-8-9-10-11-12-40-47-54-61-77(82)90-67-75(96-80(85)64-57-50-43-36-30-24-22-27-33-39-46-53-60-73(6)7)69-94-98(86,87)92-65-74(81)66-93-99(88,89)95-70-76(68-91-78(83)62-55-48-41-34-28-23-21-26-32-38-45-52-59-72(4)5)97-79(84)63-56-49-42-35-29-20-18-16-14-13-15-17-19-25-31-37-44-51-58-71(2)3/h71-76,81H,8-70H2,1-7H3,(H,86,87)(H,88,89)/t74-,75+,76+/m0/s1. The van der Waals surface area contributed by atoms with Crippen LogP contribution in [0.3, 0.4) is 0 Å². The molecule has 0 aliphatic carbocycles. The lowest BCUT2D eigenvalue weighted by Gasteiger charge is -2.21. The average molecular weight is 1450 g/mol. The molecule has 0 radical (unpaired) electrons. The average Bonchev–Trinajstić information content (AvgIpc) is 0.995. The molecule has 0 heterocycles. The zero-order valence-corrected chi connectivity index (χ0v) is 66.8. The van der Waals surface area contributed by atoms with E-state index in [4.69, 9.17) is 37.0 Å². The van der Waals surface area contributed by atoms with Crippen molar-refractivity contribution in [3.8, 4) is 0 Å². The maximum Gasteiger partial charge on any atom is 0.472 e. The molecule has 0 aromatic carbocycles. The summed E-state index contributed by atoms with van der Waals surface area (Å²) in [6.45, 7) is 12.0. The summed E-state index contributed by atoms with van der Waals surface area (Å²) >= 11 is 0. The third-order valence-electron chi connectivity index (χ3n) is 18.6. The maximum atomic E-state index is 13.1. The highest BCUT2D eigenvalue weighted by Crippen LogP contribution is 2.45. The molecule has 0 aliphatic rings. The van der Waals surface area contributed by atoms with Gasteiger partial charge < -0.3 is 33.8 Å². The van der Waals surface area contributed by atoms with Crippen LogP contribution >= 0.6 is 15.6 Å². The fraction of sp³-hybridized carbons (Fsp3) is 0.950. The van der Waals surface area contributed by atoms with Crippen LogP contribution in [0.15, 0.2) is 0 Å². The second-order valence-corrected chi connectivity index (χ2v) is 33.1. The Hall–Kier alpha value is -1.94. The summed E-state index contributed by atoms with van der Waals surface area (Å²) in [5.41, 5.74) is 0. The molecule has 588 valence electrons. The van der Waals surface area contributed by atoms with Gasteiger partial charge in [-0.05, 0) is 43.4 Å². The van der Waals surface area contributed by atoms with Gasteiger partial charge in [-0.1, -0.05) is 363 Å². The largest absolute Gasteiger partial charge is 0.472 e. The van der Waals surface area contributed by atoms with Crippen LogP contribution in [0.1, 0.15) is 414 Å². The number of carbonyl (C=O) groups excluding carboxylic acids is 4. The zero-order valence-electron chi connectivity index (χ0n) is 65.0. The van der Waals surface area contributed by atoms with E-state index < -0.39 is 97.5 Å². The van der Waals surface area contributed by atoms with Crippen molar-refractivity contribution < 1.29 is 80.2 Å². The van der Waals surface area contributed by atoms with Gasteiger partial charge in [0.05, 0.1) is 26.4 Å². The summed E-state index contributed by atoms with van der Waals surface area (Å²) in [5.74, 6) is 0.265. The summed E-state index contributed by atoms with van der Waals surface area (Å²) in [6, 6.07) is 0. The Morgan fingerprint density at radius 1 is 0.273 bits per heavy atom. The number of aliphatic hydroxyl groups excluding tert-OH is 1. The van der Waals surface area contributed by atoms with Gasteiger partial charge in [0.15, 0.2) is 12.2 Å². The number of esters is 4. The summed E-state index contributed by atoms with van der Waals surface area (Å²) in [5, 5.41) is 10.6. The predicted molar refractivity (Wildman–Crippen MR) is 405 cm³/mol. The van der Waals surface area contributed by atoms with E-state index in [0.717, 1.165) is 114 Å². The van der Waals surface area contributed by atoms with Crippen molar-refractivity contribution in [3.05, 3.63) is 0 Å². The Bertz CT molecular complexity index is 1920. The van der Waals surface area contributed by atoms with Crippen molar-refractivity contribution >= 4 is 39.5 Å². The fourth-order valence-corrected chi connectivity index (χ4v) is 13.9. The van der Waals surface area contributed by atoms with Crippen LogP contribution < -0.4 is 0 Å². The zero-order chi connectivity index (χ0) is 73.0. The molecule has 5 atom stereocenters. The van der Waals surface area contributed by atoms with Gasteiger partial charge in [0.1, 0.15) is 19.3 Å². The number of hydrogen-bond donors (Lipinski definition) is 3. The molecule has 19 heteroatoms. The van der Waals surface area contributed by atoms with Gasteiger partial charge in [-0.15, -0.1) is 0 Å².